The number of hydrogen-bond acceptors (Lipinski definition) is 4. The van der Waals surface area contributed by atoms with Crippen LogP contribution in [0.3, 0.4) is 0 Å². The number of amides is 1. The van der Waals surface area contributed by atoms with Gasteiger partial charge in [0.2, 0.25) is 5.91 Å². The average Bonchev–Trinajstić information content (AvgIpc) is 2.63. The lowest BCUT2D eigenvalue weighted by atomic mass is 9.96. The molecular weight excluding hydrogens is 304 g/mol. The highest BCUT2D eigenvalue weighted by atomic mass is 16.5. The van der Waals surface area contributed by atoms with Crippen molar-refractivity contribution in [3.05, 3.63) is 59.7 Å². The largest absolute Gasteiger partial charge is 0.493 e. The molecule has 0 saturated carbocycles. The van der Waals surface area contributed by atoms with Gasteiger partial charge < -0.3 is 9.47 Å². The molecule has 0 fully saturated rings. The van der Waals surface area contributed by atoms with Gasteiger partial charge >= 0.3 is 0 Å². The van der Waals surface area contributed by atoms with Gasteiger partial charge in [-0.3, -0.25) is 4.79 Å². The Kier molecular flexibility index (Phi) is 6.37. The van der Waals surface area contributed by atoms with Gasteiger partial charge in [0.15, 0.2) is 11.5 Å². The number of nitrogens with zero attached hydrogens (tertiary/aromatic N) is 1. The Morgan fingerprint density at radius 2 is 1.83 bits per heavy atom. The first-order valence-electron chi connectivity index (χ1n) is 7.79. The van der Waals surface area contributed by atoms with E-state index in [1.807, 2.05) is 43.3 Å². The maximum absolute atomic E-state index is 12.3. The van der Waals surface area contributed by atoms with Crippen LogP contribution < -0.4 is 14.9 Å². The lowest BCUT2D eigenvalue weighted by Crippen LogP contribution is -2.25. The fraction of sp³-hybridized carbons (Fsp3) is 0.263. The highest BCUT2D eigenvalue weighted by Gasteiger charge is 2.17. The SMILES string of the molecule is CCC(C(=O)N/N=C/c1ccc(OC)c(OC)c1)c1ccccc1. The zero-order valence-corrected chi connectivity index (χ0v) is 14.2. The van der Waals surface area contributed by atoms with E-state index in [1.54, 1.807) is 32.6 Å². The number of hydrogen-bond donors (Lipinski definition) is 1. The van der Waals surface area contributed by atoms with E-state index in [2.05, 4.69) is 10.5 Å². The summed E-state index contributed by atoms with van der Waals surface area (Å²) < 4.78 is 10.4. The molecule has 0 saturated heterocycles. The van der Waals surface area contributed by atoms with E-state index in [0.29, 0.717) is 17.9 Å². The Morgan fingerprint density at radius 3 is 2.46 bits per heavy atom. The van der Waals surface area contributed by atoms with Crippen LogP contribution >= 0.6 is 0 Å². The van der Waals surface area contributed by atoms with E-state index in [9.17, 15) is 4.79 Å². The van der Waals surface area contributed by atoms with Crippen molar-refractivity contribution in [1.82, 2.24) is 5.43 Å². The third-order valence-electron chi connectivity index (χ3n) is 3.72. The molecule has 2 aromatic rings. The van der Waals surface area contributed by atoms with Crippen molar-refractivity contribution in [3.8, 4) is 11.5 Å². The van der Waals surface area contributed by atoms with Gasteiger partial charge in [-0.15, -0.1) is 0 Å². The molecule has 0 aliphatic heterocycles. The van der Waals surface area contributed by atoms with Gasteiger partial charge in [0.25, 0.3) is 0 Å². The van der Waals surface area contributed by atoms with Crippen molar-refractivity contribution in [2.75, 3.05) is 14.2 Å². The van der Waals surface area contributed by atoms with Crippen LogP contribution in [0.1, 0.15) is 30.4 Å². The number of carbonyl (C=O) groups excluding carboxylic acids is 1. The highest BCUT2D eigenvalue weighted by molar-refractivity contribution is 5.86. The lowest BCUT2D eigenvalue weighted by molar-refractivity contribution is -0.122. The first-order chi connectivity index (χ1) is 11.7. The molecule has 5 heteroatoms. The number of ether oxygens (including phenoxy) is 2. The molecule has 24 heavy (non-hydrogen) atoms. The molecule has 2 aromatic carbocycles. The predicted molar refractivity (Wildman–Crippen MR) is 94.8 cm³/mol. The number of carbonyl (C=O) groups is 1. The number of methoxy groups -OCH3 is 2. The normalized spacial score (nSPS) is 12.0. The van der Waals surface area contributed by atoms with Crippen molar-refractivity contribution in [2.24, 2.45) is 5.10 Å². The number of hydrazone groups is 1. The highest BCUT2D eigenvalue weighted by Crippen LogP contribution is 2.26. The predicted octanol–water partition coefficient (Wildman–Crippen LogP) is 3.35. The Morgan fingerprint density at radius 1 is 1.12 bits per heavy atom. The van der Waals surface area contributed by atoms with Crippen LogP contribution in [-0.4, -0.2) is 26.3 Å². The third kappa shape index (κ3) is 4.35. The van der Waals surface area contributed by atoms with Crippen LogP contribution in [0.4, 0.5) is 0 Å². The summed E-state index contributed by atoms with van der Waals surface area (Å²) in [5.41, 5.74) is 4.40. The number of nitrogens with one attached hydrogen (secondary N) is 1. The molecule has 0 radical (unpaired) electrons. The zero-order valence-electron chi connectivity index (χ0n) is 14.2. The topological polar surface area (TPSA) is 59.9 Å². The van der Waals surface area contributed by atoms with Crippen molar-refractivity contribution in [1.29, 1.82) is 0 Å². The Labute approximate surface area is 142 Å². The Bertz CT molecular complexity index is 699. The van der Waals surface area contributed by atoms with Crippen LogP contribution in [-0.2, 0) is 4.79 Å². The summed E-state index contributed by atoms with van der Waals surface area (Å²) in [4.78, 5) is 12.3. The zero-order chi connectivity index (χ0) is 17.4. The molecule has 0 aromatic heterocycles. The van der Waals surface area contributed by atoms with E-state index in [4.69, 9.17) is 9.47 Å². The molecule has 0 aliphatic rings. The van der Waals surface area contributed by atoms with Crippen molar-refractivity contribution < 1.29 is 14.3 Å². The van der Waals surface area contributed by atoms with Crippen LogP contribution in [0.5, 0.6) is 11.5 Å². The van der Waals surface area contributed by atoms with E-state index >= 15 is 0 Å². The number of rotatable bonds is 7. The minimum absolute atomic E-state index is 0.125. The van der Waals surface area contributed by atoms with Gasteiger partial charge in [0.05, 0.1) is 26.4 Å². The quantitative estimate of drug-likeness (QED) is 0.627. The minimum atomic E-state index is -0.214. The Balaban J connectivity index is 2.04. The summed E-state index contributed by atoms with van der Waals surface area (Å²) >= 11 is 0. The smallest absolute Gasteiger partial charge is 0.247 e. The first-order valence-corrected chi connectivity index (χ1v) is 7.79. The van der Waals surface area contributed by atoms with Crippen LogP contribution in [0, 0.1) is 0 Å². The molecule has 0 heterocycles. The van der Waals surface area contributed by atoms with Crippen molar-refractivity contribution >= 4 is 12.1 Å². The van der Waals surface area contributed by atoms with Crippen LogP contribution in [0.25, 0.3) is 0 Å². The molecule has 1 amide bonds. The van der Waals surface area contributed by atoms with E-state index in [1.165, 1.54) is 0 Å². The van der Waals surface area contributed by atoms with Gasteiger partial charge in [-0.1, -0.05) is 37.3 Å². The van der Waals surface area contributed by atoms with E-state index in [0.717, 1.165) is 11.1 Å². The van der Waals surface area contributed by atoms with E-state index in [-0.39, 0.29) is 11.8 Å². The first kappa shape index (κ1) is 17.5. The molecule has 1 N–H and O–H groups in total. The molecule has 126 valence electrons. The summed E-state index contributed by atoms with van der Waals surface area (Å²) in [5, 5.41) is 4.05. The lowest BCUT2D eigenvalue weighted by Gasteiger charge is -2.13. The average molecular weight is 326 g/mol. The molecule has 0 bridgehead atoms. The summed E-state index contributed by atoms with van der Waals surface area (Å²) in [6.45, 7) is 1.98. The van der Waals surface area contributed by atoms with Crippen molar-refractivity contribution in [3.63, 3.8) is 0 Å². The fourth-order valence-electron chi connectivity index (χ4n) is 2.44. The molecule has 1 unspecified atom stereocenters. The second-order valence-electron chi connectivity index (χ2n) is 5.22. The molecule has 1 atom stereocenters. The second kappa shape index (κ2) is 8.72. The second-order valence-corrected chi connectivity index (χ2v) is 5.22. The minimum Gasteiger partial charge on any atom is -0.493 e. The molecule has 2 rings (SSSR count). The van der Waals surface area contributed by atoms with Gasteiger partial charge in [-0.05, 0) is 35.7 Å². The van der Waals surface area contributed by atoms with Gasteiger partial charge in [0, 0.05) is 0 Å². The maximum Gasteiger partial charge on any atom is 0.247 e. The fourth-order valence-corrected chi connectivity index (χ4v) is 2.44. The molecular formula is C19H22N2O3. The summed E-state index contributed by atoms with van der Waals surface area (Å²) in [6.07, 6.45) is 2.29. The van der Waals surface area contributed by atoms with Gasteiger partial charge in [-0.25, -0.2) is 5.43 Å². The van der Waals surface area contributed by atoms with Crippen LogP contribution in [0.15, 0.2) is 53.6 Å². The van der Waals surface area contributed by atoms with Crippen LogP contribution in [0.2, 0.25) is 0 Å². The number of benzene rings is 2. The monoisotopic (exact) mass is 326 g/mol. The van der Waals surface area contributed by atoms with Gasteiger partial charge in [-0.2, -0.15) is 5.10 Å². The molecule has 0 spiro atoms. The maximum atomic E-state index is 12.3. The molecule has 5 nitrogen and oxygen atoms in total. The van der Waals surface area contributed by atoms with Crippen molar-refractivity contribution in [2.45, 2.75) is 19.3 Å². The standard InChI is InChI=1S/C19H22N2O3/c1-4-16(15-8-6-5-7-9-15)19(22)21-20-13-14-10-11-17(23-2)18(12-14)24-3/h5-13,16H,4H2,1-3H3,(H,21,22)/b20-13+. The molecule has 0 aliphatic carbocycles. The summed E-state index contributed by atoms with van der Waals surface area (Å²) in [7, 11) is 3.16. The summed E-state index contributed by atoms with van der Waals surface area (Å²) in [5.74, 6) is 0.923. The third-order valence-corrected chi connectivity index (χ3v) is 3.72. The summed E-state index contributed by atoms with van der Waals surface area (Å²) in [6, 6.07) is 15.1. The van der Waals surface area contributed by atoms with E-state index < -0.39 is 0 Å². The van der Waals surface area contributed by atoms with Gasteiger partial charge in [0.1, 0.15) is 0 Å². The Hall–Kier alpha value is -2.82.